The van der Waals surface area contributed by atoms with Crippen molar-refractivity contribution in [3.05, 3.63) is 35.7 Å². The van der Waals surface area contributed by atoms with Crippen molar-refractivity contribution >= 4 is 18.3 Å². The second-order valence-corrected chi connectivity index (χ2v) is 2.99. The van der Waals surface area contributed by atoms with E-state index in [4.69, 9.17) is 11.6 Å². The van der Waals surface area contributed by atoms with Crippen molar-refractivity contribution in [2.75, 3.05) is 12.4 Å². The number of halogens is 1. The van der Waals surface area contributed by atoms with E-state index in [1.807, 2.05) is 12.2 Å². The standard InChI is InChI=1S/C10H13ClN2/c1-12-9-5-3-2-4-6-10(9)13-8-7-11/h3-6,13H,1-2,7-8H2. The Hall–Kier alpha value is -1.02. The predicted molar refractivity (Wildman–Crippen MR) is 58.2 cm³/mol. The maximum Gasteiger partial charge on any atom is 0.0850 e. The molecule has 2 nitrogen and oxygen atoms in total. The molecule has 70 valence electrons. The highest BCUT2D eigenvalue weighted by molar-refractivity contribution is 6.18. The summed E-state index contributed by atoms with van der Waals surface area (Å²) in [5.74, 6) is 0.589. The maximum atomic E-state index is 5.58. The largest absolute Gasteiger partial charge is 0.382 e. The molecule has 0 atom stereocenters. The van der Waals surface area contributed by atoms with Crippen LogP contribution in [0, 0.1) is 0 Å². The second-order valence-electron chi connectivity index (χ2n) is 2.61. The molecule has 1 N–H and O–H groups in total. The van der Waals surface area contributed by atoms with Crippen LogP contribution in [0.1, 0.15) is 6.42 Å². The van der Waals surface area contributed by atoms with Crippen LogP contribution in [0.2, 0.25) is 0 Å². The highest BCUT2D eigenvalue weighted by Crippen LogP contribution is 2.11. The van der Waals surface area contributed by atoms with Crippen molar-refractivity contribution in [1.29, 1.82) is 0 Å². The first-order chi connectivity index (χ1) is 6.38. The van der Waals surface area contributed by atoms with E-state index in [2.05, 4.69) is 29.2 Å². The van der Waals surface area contributed by atoms with Crippen molar-refractivity contribution in [3.8, 4) is 0 Å². The Bertz CT molecular complexity index is 264. The molecule has 1 aliphatic carbocycles. The Kier molecular flexibility index (Phi) is 4.33. The van der Waals surface area contributed by atoms with Gasteiger partial charge in [0.15, 0.2) is 0 Å². The lowest BCUT2D eigenvalue weighted by Crippen LogP contribution is -2.15. The van der Waals surface area contributed by atoms with E-state index in [0.29, 0.717) is 5.88 Å². The molecule has 0 amide bonds. The van der Waals surface area contributed by atoms with Gasteiger partial charge in [0.25, 0.3) is 0 Å². The first kappa shape index (κ1) is 10.1. The van der Waals surface area contributed by atoms with Gasteiger partial charge in [-0.3, -0.25) is 4.99 Å². The molecule has 0 bridgehead atoms. The minimum absolute atomic E-state index is 0.589. The van der Waals surface area contributed by atoms with Crippen LogP contribution in [0.5, 0.6) is 0 Å². The van der Waals surface area contributed by atoms with Crippen molar-refractivity contribution in [1.82, 2.24) is 5.32 Å². The molecule has 0 radical (unpaired) electrons. The molecule has 0 saturated heterocycles. The van der Waals surface area contributed by atoms with Crippen LogP contribution < -0.4 is 5.32 Å². The van der Waals surface area contributed by atoms with Crippen LogP contribution >= 0.6 is 11.6 Å². The zero-order chi connectivity index (χ0) is 9.52. The average Bonchev–Trinajstić information content (AvgIpc) is 2.39. The number of nitrogens with one attached hydrogen (secondary N) is 1. The van der Waals surface area contributed by atoms with Gasteiger partial charge in [-0.05, 0) is 25.3 Å². The van der Waals surface area contributed by atoms with Gasteiger partial charge in [0.05, 0.1) is 11.4 Å². The molecule has 0 aromatic heterocycles. The van der Waals surface area contributed by atoms with E-state index in [9.17, 15) is 0 Å². The lowest BCUT2D eigenvalue weighted by atomic mass is 10.3. The van der Waals surface area contributed by atoms with Crippen molar-refractivity contribution in [3.63, 3.8) is 0 Å². The minimum atomic E-state index is 0.589. The van der Waals surface area contributed by atoms with Gasteiger partial charge in [0.1, 0.15) is 0 Å². The topological polar surface area (TPSA) is 24.4 Å². The third-order valence-electron chi connectivity index (χ3n) is 1.69. The van der Waals surface area contributed by atoms with E-state index in [1.165, 1.54) is 0 Å². The number of hydrogen-bond donors (Lipinski definition) is 1. The van der Waals surface area contributed by atoms with Crippen molar-refractivity contribution < 1.29 is 0 Å². The molecule has 0 spiro atoms. The number of aliphatic imine (C=N–C) groups is 1. The van der Waals surface area contributed by atoms with Crippen LogP contribution in [-0.4, -0.2) is 19.1 Å². The van der Waals surface area contributed by atoms with Crippen molar-refractivity contribution in [2.45, 2.75) is 6.42 Å². The minimum Gasteiger partial charge on any atom is -0.382 e. The van der Waals surface area contributed by atoms with Gasteiger partial charge in [-0.15, -0.1) is 11.6 Å². The Labute approximate surface area is 83.7 Å². The summed E-state index contributed by atoms with van der Waals surface area (Å²) >= 11 is 5.58. The van der Waals surface area contributed by atoms with E-state index >= 15 is 0 Å². The van der Waals surface area contributed by atoms with Gasteiger partial charge in [0.2, 0.25) is 0 Å². The van der Waals surface area contributed by atoms with Crippen LogP contribution in [0.4, 0.5) is 0 Å². The summed E-state index contributed by atoms with van der Waals surface area (Å²) < 4.78 is 0. The highest BCUT2D eigenvalue weighted by atomic mass is 35.5. The monoisotopic (exact) mass is 196 g/mol. The predicted octanol–water partition coefficient (Wildman–Crippen LogP) is 2.24. The summed E-state index contributed by atoms with van der Waals surface area (Å²) in [6.07, 6.45) is 9.03. The molecule has 0 fully saturated rings. The molecular formula is C10H13ClN2. The fraction of sp³-hybridized carbons (Fsp3) is 0.300. The van der Waals surface area contributed by atoms with Crippen LogP contribution in [0.25, 0.3) is 0 Å². The van der Waals surface area contributed by atoms with E-state index in [0.717, 1.165) is 24.4 Å². The van der Waals surface area contributed by atoms with E-state index < -0.39 is 0 Å². The summed E-state index contributed by atoms with van der Waals surface area (Å²) in [7, 11) is 0. The molecular weight excluding hydrogens is 184 g/mol. The van der Waals surface area contributed by atoms with Gasteiger partial charge < -0.3 is 5.32 Å². The number of allylic oxidation sites excluding steroid dienone is 4. The molecule has 0 aromatic carbocycles. The third-order valence-corrected chi connectivity index (χ3v) is 1.88. The Morgan fingerprint density at radius 2 is 2.23 bits per heavy atom. The SMILES string of the molecule is C=NC1=C(NCCCl)C=CCC=C1. The van der Waals surface area contributed by atoms with Crippen LogP contribution in [-0.2, 0) is 0 Å². The number of hydrogen-bond acceptors (Lipinski definition) is 2. The van der Waals surface area contributed by atoms with Gasteiger partial charge in [-0.25, -0.2) is 0 Å². The molecule has 1 aliphatic rings. The fourth-order valence-electron chi connectivity index (χ4n) is 1.09. The number of nitrogens with zero attached hydrogens (tertiary/aromatic N) is 1. The summed E-state index contributed by atoms with van der Waals surface area (Å²) in [6, 6.07) is 0. The lowest BCUT2D eigenvalue weighted by molar-refractivity contribution is 0.872. The molecule has 0 aromatic rings. The zero-order valence-electron chi connectivity index (χ0n) is 7.46. The van der Waals surface area contributed by atoms with Gasteiger partial charge in [0, 0.05) is 12.4 Å². The molecule has 1 rings (SSSR count). The molecule has 0 saturated carbocycles. The van der Waals surface area contributed by atoms with Crippen LogP contribution in [0.3, 0.4) is 0 Å². The van der Waals surface area contributed by atoms with Crippen molar-refractivity contribution in [2.24, 2.45) is 4.99 Å². The molecule has 0 heterocycles. The van der Waals surface area contributed by atoms with Gasteiger partial charge in [-0.1, -0.05) is 12.2 Å². The van der Waals surface area contributed by atoms with Gasteiger partial charge >= 0.3 is 0 Å². The Morgan fingerprint density at radius 3 is 2.92 bits per heavy atom. The molecule has 13 heavy (non-hydrogen) atoms. The first-order valence-corrected chi connectivity index (χ1v) is 4.76. The Morgan fingerprint density at radius 1 is 1.46 bits per heavy atom. The van der Waals surface area contributed by atoms with E-state index in [1.54, 1.807) is 0 Å². The molecule has 3 heteroatoms. The maximum absolute atomic E-state index is 5.58. The van der Waals surface area contributed by atoms with Crippen LogP contribution in [0.15, 0.2) is 40.7 Å². The summed E-state index contributed by atoms with van der Waals surface area (Å²) in [6.45, 7) is 4.26. The van der Waals surface area contributed by atoms with Gasteiger partial charge in [-0.2, -0.15) is 0 Å². The Balaban J connectivity index is 2.77. The summed E-state index contributed by atoms with van der Waals surface area (Å²) in [5, 5.41) is 3.19. The summed E-state index contributed by atoms with van der Waals surface area (Å²) in [5.41, 5.74) is 1.86. The van der Waals surface area contributed by atoms with E-state index in [-0.39, 0.29) is 0 Å². The zero-order valence-corrected chi connectivity index (χ0v) is 8.22. The first-order valence-electron chi connectivity index (χ1n) is 4.22. The second kappa shape index (κ2) is 5.60. The summed E-state index contributed by atoms with van der Waals surface area (Å²) in [4.78, 5) is 3.93. The highest BCUT2D eigenvalue weighted by Gasteiger charge is 1.99. The normalized spacial score (nSPS) is 15.8. The smallest absolute Gasteiger partial charge is 0.0850 e. The quantitative estimate of drug-likeness (QED) is 0.541. The average molecular weight is 197 g/mol. The molecule has 0 unspecified atom stereocenters. The third kappa shape index (κ3) is 3.07. The number of alkyl halides is 1. The number of rotatable bonds is 4. The fourth-order valence-corrected chi connectivity index (χ4v) is 1.18. The lowest BCUT2D eigenvalue weighted by Gasteiger charge is -2.06. The molecule has 0 aliphatic heterocycles.